The zero-order chi connectivity index (χ0) is 13.3. The molecule has 0 aliphatic carbocycles. The van der Waals surface area contributed by atoms with Gasteiger partial charge in [-0.05, 0) is 18.2 Å². The molecule has 0 unspecified atom stereocenters. The average molecular weight is 254 g/mol. The molecule has 0 radical (unpaired) electrons. The van der Waals surface area contributed by atoms with Gasteiger partial charge in [0.25, 0.3) is 12.3 Å². The van der Waals surface area contributed by atoms with Crippen molar-refractivity contribution >= 4 is 23.3 Å². The molecule has 0 fully saturated rings. The van der Waals surface area contributed by atoms with Crippen LogP contribution in [-0.2, 0) is 4.79 Å². The summed E-state index contributed by atoms with van der Waals surface area (Å²) in [6, 6.07) is 5.40. The minimum absolute atomic E-state index is 0.0407. The maximum atomic E-state index is 12.4. The number of alkyl halides is 2. The van der Waals surface area contributed by atoms with Crippen LogP contribution in [0.4, 0.5) is 14.5 Å². The number of rotatable bonds is 3. The predicted molar refractivity (Wildman–Crippen MR) is 58.9 cm³/mol. The Bertz CT molecular complexity index is 543. The monoisotopic (exact) mass is 254 g/mol. The molecule has 1 aromatic rings. The Balaban J connectivity index is 2.34. The first-order valence-electron chi connectivity index (χ1n) is 5.01. The molecule has 1 aliphatic heterocycles. The predicted octanol–water partition coefficient (Wildman–Crippen LogP) is 1.74. The number of hydrazone groups is 1. The van der Waals surface area contributed by atoms with E-state index in [9.17, 15) is 18.4 Å². The standard InChI is InChI=1S/C11H8F2N2O3/c12-10(13)8-5-9(16)15(14-8)7-3-1-2-6(4-7)11(17)18/h1-4,10H,5H2,(H,17,18). The molecular weight excluding hydrogens is 246 g/mol. The maximum absolute atomic E-state index is 12.4. The van der Waals surface area contributed by atoms with Gasteiger partial charge in [-0.3, -0.25) is 4.79 Å². The number of hydrogen-bond donors (Lipinski definition) is 1. The molecule has 1 aromatic carbocycles. The third-order valence-corrected chi connectivity index (χ3v) is 2.39. The van der Waals surface area contributed by atoms with Crippen LogP contribution in [0.2, 0.25) is 0 Å². The van der Waals surface area contributed by atoms with Crippen LogP contribution in [-0.4, -0.2) is 29.1 Å². The molecule has 1 N–H and O–H groups in total. The number of carboxylic acids is 1. The maximum Gasteiger partial charge on any atom is 0.335 e. The van der Waals surface area contributed by atoms with Crippen molar-refractivity contribution in [2.75, 3.05) is 5.01 Å². The number of amides is 1. The lowest BCUT2D eigenvalue weighted by molar-refractivity contribution is -0.117. The van der Waals surface area contributed by atoms with Gasteiger partial charge in [0.1, 0.15) is 5.71 Å². The Kier molecular flexibility index (Phi) is 3.05. The van der Waals surface area contributed by atoms with E-state index in [4.69, 9.17) is 5.11 Å². The number of nitrogens with zero attached hydrogens (tertiary/aromatic N) is 2. The van der Waals surface area contributed by atoms with E-state index in [2.05, 4.69) is 5.10 Å². The minimum atomic E-state index is -2.79. The zero-order valence-electron chi connectivity index (χ0n) is 9.01. The third kappa shape index (κ3) is 2.20. The number of hydrogen-bond acceptors (Lipinski definition) is 3. The molecule has 1 heterocycles. The fraction of sp³-hybridized carbons (Fsp3) is 0.182. The summed E-state index contributed by atoms with van der Waals surface area (Å²) in [4.78, 5) is 22.3. The fourth-order valence-electron chi connectivity index (χ4n) is 1.54. The van der Waals surface area contributed by atoms with Crippen LogP contribution in [0.15, 0.2) is 29.4 Å². The first-order chi connectivity index (χ1) is 8.49. The SMILES string of the molecule is O=C(O)c1cccc(N2N=C(C(F)F)CC2=O)c1. The van der Waals surface area contributed by atoms with Crippen molar-refractivity contribution < 1.29 is 23.5 Å². The second-order valence-corrected chi connectivity index (χ2v) is 3.63. The van der Waals surface area contributed by atoms with Crippen LogP contribution >= 0.6 is 0 Å². The Labute approximate surface area is 100 Å². The number of carboxylic acid groups (broad SMARTS) is 1. The Morgan fingerprint density at radius 1 is 1.44 bits per heavy atom. The van der Waals surface area contributed by atoms with Gasteiger partial charge in [0, 0.05) is 0 Å². The number of aromatic carboxylic acids is 1. The minimum Gasteiger partial charge on any atom is -0.478 e. The van der Waals surface area contributed by atoms with Gasteiger partial charge in [0.05, 0.1) is 17.7 Å². The summed E-state index contributed by atoms with van der Waals surface area (Å²) in [5.41, 5.74) is -0.391. The summed E-state index contributed by atoms with van der Waals surface area (Å²) in [7, 11) is 0. The van der Waals surface area contributed by atoms with Gasteiger partial charge in [0.2, 0.25) is 0 Å². The van der Waals surface area contributed by atoms with Crippen LogP contribution in [0, 0.1) is 0 Å². The van der Waals surface area contributed by atoms with Gasteiger partial charge in [-0.1, -0.05) is 6.07 Å². The number of carbonyl (C=O) groups excluding carboxylic acids is 1. The molecule has 0 atom stereocenters. The summed E-state index contributed by atoms with van der Waals surface area (Å²) >= 11 is 0. The number of benzene rings is 1. The summed E-state index contributed by atoms with van der Waals surface area (Å²) in [6.07, 6.45) is -3.24. The van der Waals surface area contributed by atoms with Gasteiger partial charge >= 0.3 is 5.97 Å². The fourth-order valence-corrected chi connectivity index (χ4v) is 1.54. The molecule has 5 nitrogen and oxygen atoms in total. The highest BCUT2D eigenvalue weighted by Gasteiger charge is 2.30. The van der Waals surface area contributed by atoms with Crippen LogP contribution < -0.4 is 5.01 Å². The molecule has 18 heavy (non-hydrogen) atoms. The van der Waals surface area contributed by atoms with Crippen LogP contribution in [0.25, 0.3) is 0 Å². The third-order valence-electron chi connectivity index (χ3n) is 2.39. The normalized spacial score (nSPS) is 15.2. The summed E-state index contributed by atoms with van der Waals surface area (Å²) in [5, 5.41) is 13.1. The average Bonchev–Trinajstić information content (AvgIpc) is 2.72. The second kappa shape index (κ2) is 4.52. The lowest BCUT2D eigenvalue weighted by atomic mass is 10.2. The molecule has 0 saturated carbocycles. The molecule has 1 aliphatic rings. The largest absolute Gasteiger partial charge is 0.478 e. The van der Waals surface area contributed by atoms with Crippen molar-refractivity contribution in [1.82, 2.24) is 0 Å². The molecule has 7 heteroatoms. The molecule has 1 amide bonds. The van der Waals surface area contributed by atoms with Crippen LogP contribution in [0.3, 0.4) is 0 Å². The van der Waals surface area contributed by atoms with E-state index in [1.807, 2.05) is 0 Å². The van der Waals surface area contributed by atoms with Crippen LogP contribution in [0.1, 0.15) is 16.8 Å². The first kappa shape index (κ1) is 12.2. The van der Waals surface area contributed by atoms with Gasteiger partial charge < -0.3 is 5.11 Å². The number of anilines is 1. The van der Waals surface area contributed by atoms with Gasteiger partial charge in [-0.25, -0.2) is 18.6 Å². The van der Waals surface area contributed by atoms with E-state index in [0.717, 1.165) is 5.01 Å². The lowest BCUT2D eigenvalue weighted by Crippen LogP contribution is -2.19. The van der Waals surface area contributed by atoms with E-state index in [0.29, 0.717) is 0 Å². The van der Waals surface area contributed by atoms with Crippen molar-refractivity contribution in [3.63, 3.8) is 0 Å². The molecule has 2 rings (SSSR count). The van der Waals surface area contributed by atoms with Gasteiger partial charge in [-0.2, -0.15) is 5.10 Å². The summed E-state index contributed by atoms with van der Waals surface area (Å²) < 4.78 is 24.8. The highest BCUT2D eigenvalue weighted by Crippen LogP contribution is 2.23. The highest BCUT2D eigenvalue weighted by molar-refractivity contribution is 6.14. The van der Waals surface area contributed by atoms with Crippen molar-refractivity contribution in [2.24, 2.45) is 5.10 Å². The van der Waals surface area contributed by atoms with E-state index in [1.54, 1.807) is 0 Å². The van der Waals surface area contributed by atoms with E-state index >= 15 is 0 Å². The van der Waals surface area contributed by atoms with E-state index < -0.39 is 30.4 Å². The smallest absolute Gasteiger partial charge is 0.335 e. The lowest BCUT2D eigenvalue weighted by Gasteiger charge is -2.11. The Hall–Kier alpha value is -2.31. The number of carbonyl (C=O) groups is 2. The molecule has 0 bridgehead atoms. The van der Waals surface area contributed by atoms with Crippen molar-refractivity contribution in [3.05, 3.63) is 29.8 Å². The molecule has 0 spiro atoms. The van der Waals surface area contributed by atoms with Crippen molar-refractivity contribution in [3.8, 4) is 0 Å². The quantitative estimate of drug-likeness (QED) is 0.893. The van der Waals surface area contributed by atoms with Crippen molar-refractivity contribution in [2.45, 2.75) is 12.8 Å². The van der Waals surface area contributed by atoms with Gasteiger partial charge in [0.15, 0.2) is 0 Å². The second-order valence-electron chi connectivity index (χ2n) is 3.63. The Morgan fingerprint density at radius 3 is 2.72 bits per heavy atom. The highest BCUT2D eigenvalue weighted by atomic mass is 19.3. The van der Waals surface area contributed by atoms with E-state index in [-0.39, 0.29) is 11.3 Å². The summed E-state index contributed by atoms with van der Waals surface area (Å²) in [5.74, 6) is -1.77. The van der Waals surface area contributed by atoms with Crippen molar-refractivity contribution in [1.29, 1.82) is 0 Å². The summed E-state index contributed by atoms with van der Waals surface area (Å²) in [6.45, 7) is 0. The Morgan fingerprint density at radius 2 is 2.17 bits per heavy atom. The molecule has 94 valence electrons. The first-order valence-corrected chi connectivity index (χ1v) is 5.01. The molecule has 0 saturated heterocycles. The van der Waals surface area contributed by atoms with Crippen LogP contribution in [0.5, 0.6) is 0 Å². The topological polar surface area (TPSA) is 70.0 Å². The molecular formula is C11H8F2N2O3. The number of halogens is 2. The van der Waals surface area contributed by atoms with E-state index in [1.165, 1.54) is 24.3 Å². The zero-order valence-corrected chi connectivity index (χ0v) is 9.01. The molecule has 0 aromatic heterocycles. The van der Waals surface area contributed by atoms with Gasteiger partial charge in [-0.15, -0.1) is 0 Å².